The highest BCUT2D eigenvalue weighted by Gasteiger charge is 2.17. The molecule has 0 aliphatic rings. The van der Waals surface area contributed by atoms with E-state index in [0.717, 1.165) is 16.3 Å². The fourth-order valence-corrected chi connectivity index (χ4v) is 2.19. The van der Waals surface area contributed by atoms with Crippen molar-refractivity contribution in [2.24, 2.45) is 0 Å². The Morgan fingerprint density at radius 3 is 2.79 bits per heavy atom. The van der Waals surface area contributed by atoms with Crippen molar-refractivity contribution in [3.05, 3.63) is 66.1 Å². The van der Waals surface area contributed by atoms with Gasteiger partial charge in [-0.15, -0.1) is 0 Å². The summed E-state index contributed by atoms with van der Waals surface area (Å²) in [5.74, 6) is 1.27. The van der Waals surface area contributed by atoms with Crippen molar-refractivity contribution in [1.82, 2.24) is 0 Å². The number of fused-ring (bicyclic) bond motifs is 1. The van der Waals surface area contributed by atoms with E-state index in [1.54, 1.807) is 13.4 Å². The van der Waals surface area contributed by atoms with Crippen molar-refractivity contribution < 1.29 is 14.3 Å². The molecule has 0 spiro atoms. The minimum atomic E-state index is -0.796. The van der Waals surface area contributed by atoms with Gasteiger partial charge in [-0.1, -0.05) is 36.4 Å². The Hall–Kier alpha value is -2.26. The zero-order chi connectivity index (χ0) is 13.2. The topological polar surface area (TPSA) is 42.6 Å². The van der Waals surface area contributed by atoms with Gasteiger partial charge in [-0.3, -0.25) is 0 Å². The second-order valence-electron chi connectivity index (χ2n) is 4.37. The van der Waals surface area contributed by atoms with Gasteiger partial charge >= 0.3 is 0 Å². The van der Waals surface area contributed by atoms with Gasteiger partial charge in [0.1, 0.15) is 17.6 Å². The molecule has 96 valence electrons. The van der Waals surface area contributed by atoms with E-state index in [1.807, 2.05) is 48.5 Å². The molecule has 0 amide bonds. The summed E-state index contributed by atoms with van der Waals surface area (Å²) in [6, 6.07) is 15.1. The number of aliphatic hydroxyl groups is 1. The first-order valence-corrected chi connectivity index (χ1v) is 6.08. The quantitative estimate of drug-likeness (QED) is 0.777. The average Bonchev–Trinajstić information content (AvgIpc) is 2.90. The second kappa shape index (κ2) is 4.78. The number of hydrogen-bond acceptors (Lipinski definition) is 3. The first-order chi connectivity index (χ1) is 9.29. The molecule has 2 aromatic carbocycles. The van der Waals surface area contributed by atoms with Crippen molar-refractivity contribution in [1.29, 1.82) is 0 Å². The van der Waals surface area contributed by atoms with Crippen LogP contribution >= 0.6 is 0 Å². The lowest BCUT2D eigenvalue weighted by atomic mass is 10.0. The number of furan rings is 1. The lowest BCUT2D eigenvalue weighted by Crippen LogP contribution is -1.99. The minimum absolute atomic E-state index is 0.559. The zero-order valence-electron chi connectivity index (χ0n) is 10.5. The number of benzene rings is 2. The maximum atomic E-state index is 10.4. The van der Waals surface area contributed by atoms with Crippen molar-refractivity contribution >= 4 is 10.8 Å². The van der Waals surface area contributed by atoms with E-state index in [9.17, 15) is 5.11 Å². The summed E-state index contributed by atoms with van der Waals surface area (Å²) in [5, 5.41) is 12.4. The zero-order valence-corrected chi connectivity index (χ0v) is 10.5. The van der Waals surface area contributed by atoms with Gasteiger partial charge in [0.2, 0.25) is 0 Å². The van der Waals surface area contributed by atoms with Crippen LogP contribution in [0.25, 0.3) is 10.8 Å². The first kappa shape index (κ1) is 11.8. The maximum Gasteiger partial charge on any atom is 0.144 e. The Kier molecular flexibility index (Phi) is 2.97. The number of rotatable bonds is 3. The third-order valence-electron chi connectivity index (χ3n) is 3.20. The molecule has 1 heterocycles. The minimum Gasteiger partial charge on any atom is -0.497 e. The summed E-state index contributed by atoms with van der Waals surface area (Å²) < 4.78 is 10.7. The summed E-state index contributed by atoms with van der Waals surface area (Å²) in [7, 11) is 1.60. The van der Waals surface area contributed by atoms with Crippen molar-refractivity contribution in [2.45, 2.75) is 6.10 Å². The van der Waals surface area contributed by atoms with Crippen LogP contribution in [0.1, 0.15) is 17.4 Å². The van der Waals surface area contributed by atoms with Gasteiger partial charge in [0.15, 0.2) is 0 Å². The van der Waals surface area contributed by atoms with Gasteiger partial charge in [0, 0.05) is 10.8 Å². The monoisotopic (exact) mass is 254 g/mol. The fraction of sp³-hybridized carbons (Fsp3) is 0.125. The molecule has 0 saturated heterocycles. The van der Waals surface area contributed by atoms with Crippen molar-refractivity contribution in [3.8, 4) is 5.75 Å². The van der Waals surface area contributed by atoms with E-state index in [1.165, 1.54) is 0 Å². The van der Waals surface area contributed by atoms with Gasteiger partial charge in [-0.05, 0) is 17.7 Å². The summed E-state index contributed by atoms with van der Waals surface area (Å²) in [6.07, 6.45) is 0.864. The second-order valence-corrected chi connectivity index (χ2v) is 4.37. The van der Waals surface area contributed by atoms with E-state index < -0.39 is 6.10 Å². The van der Waals surface area contributed by atoms with E-state index >= 15 is 0 Å². The van der Waals surface area contributed by atoms with Crippen LogP contribution in [-0.4, -0.2) is 12.2 Å². The van der Waals surface area contributed by atoms with E-state index in [4.69, 9.17) is 9.15 Å². The molecule has 0 aliphatic carbocycles. The molecular formula is C16H14O3. The van der Waals surface area contributed by atoms with Crippen LogP contribution in [0.15, 0.2) is 59.2 Å². The number of aliphatic hydroxyl groups excluding tert-OH is 1. The predicted octanol–water partition coefficient (Wildman–Crippen LogP) is 3.52. The third-order valence-corrected chi connectivity index (χ3v) is 3.20. The van der Waals surface area contributed by atoms with Crippen LogP contribution in [0.3, 0.4) is 0 Å². The third kappa shape index (κ3) is 2.09. The maximum absolute atomic E-state index is 10.4. The molecule has 0 aliphatic heterocycles. The van der Waals surface area contributed by atoms with Gasteiger partial charge in [0.25, 0.3) is 0 Å². The molecule has 3 rings (SSSR count). The molecular weight excluding hydrogens is 240 g/mol. The lowest BCUT2D eigenvalue weighted by molar-refractivity contribution is 0.191. The standard InChI is InChI=1S/C16H14O3/c1-18-13-7-4-6-11(9-13)15(17)16-14-8-3-2-5-12(14)10-19-16/h2-10,15,17H,1H3. The smallest absolute Gasteiger partial charge is 0.144 e. The SMILES string of the molecule is COc1cccc(C(O)c2occ3ccccc23)c1. The molecule has 1 aromatic heterocycles. The average molecular weight is 254 g/mol. The lowest BCUT2D eigenvalue weighted by Gasteiger charge is -2.10. The summed E-state index contributed by atoms with van der Waals surface area (Å²) in [4.78, 5) is 0. The van der Waals surface area contributed by atoms with Crippen LogP contribution in [-0.2, 0) is 0 Å². The molecule has 1 atom stereocenters. The summed E-state index contributed by atoms with van der Waals surface area (Å²) in [6.45, 7) is 0. The Balaban J connectivity index is 2.05. The number of methoxy groups -OCH3 is 1. The van der Waals surface area contributed by atoms with Crippen LogP contribution in [0.4, 0.5) is 0 Å². The van der Waals surface area contributed by atoms with E-state index in [2.05, 4.69) is 0 Å². The van der Waals surface area contributed by atoms with Crippen molar-refractivity contribution in [3.63, 3.8) is 0 Å². The molecule has 0 radical (unpaired) electrons. The molecule has 0 fully saturated rings. The van der Waals surface area contributed by atoms with Gasteiger partial charge in [-0.25, -0.2) is 0 Å². The normalized spacial score (nSPS) is 12.5. The molecule has 3 nitrogen and oxygen atoms in total. The van der Waals surface area contributed by atoms with Gasteiger partial charge in [0.05, 0.1) is 13.4 Å². The molecule has 3 aromatic rings. The van der Waals surface area contributed by atoms with Gasteiger partial charge in [-0.2, -0.15) is 0 Å². The van der Waals surface area contributed by atoms with E-state index in [0.29, 0.717) is 11.5 Å². The molecule has 1 N–H and O–H groups in total. The number of ether oxygens (including phenoxy) is 1. The van der Waals surface area contributed by atoms with Gasteiger partial charge < -0.3 is 14.3 Å². The molecule has 3 heteroatoms. The van der Waals surface area contributed by atoms with Crippen LogP contribution in [0.5, 0.6) is 5.75 Å². The highest BCUT2D eigenvalue weighted by Crippen LogP contribution is 2.31. The predicted molar refractivity (Wildman–Crippen MR) is 73.3 cm³/mol. The van der Waals surface area contributed by atoms with Crippen molar-refractivity contribution in [2.75, 3.05) is 7.11 Å². The van der Waals surface area contributed by atoms with E-state index in [-0.39, 0.29) is 0 Å². The molecule has 0 saturated carbocycles. The Morgan fingerprint density at radius 2 is 1.95 bits per heavy atom. The Labute approximate surface area is 111 Å². The Morgan fingerprint density at radius 1 is 1.11 bits per heavy atom. The van der Waals surface area contributed by atoms with Crippen LogP contribution in [0, 0.1) is 0 Å². The number of hydrogen-bond donors (Lipinski definition) is 1. The van der Waals surface area contributed by atoms with Crippen LogP contribution < -0.4 is 4.74 Å². The molecule has 19 heavy (non-hydrogen) atoms. The summed E-state index contributed by atoms with van der Waals surface area (Å²) >= 11 is 0. The highest BCUT2D eigenvalue weighted by atomic mass is 16.5. The largest absolute Gasteiger partial charge is 0.497 e. The summed E-state index contributed by atoms with van der Waals surface area (Å²) in [5.41, 5.74) is 0.749. The Bertz CT molecular complexity index is 700. The fourth-order valence-electron chi connectivity index (χ4n) is 2.19. The molecule has 0 bridgehead atoms. The van der Waals surface area contributed by atoms with Crippen LogP contribution in [0.2, 0.25) is 0 Å². The molecule has 1 unspecified atom stereocenters. The highest BCUT2D eigenvalue weighted by molar-refractivity contribution is 5.84. The first-order valence-electron chi connectivity index (χ1n) is 6.08.